The van der Waals surface area contributed by atoms with Gasteiger partial charge in [-0.3, -0.25) is 0 Å². The molecule has 0 aromatic rings. The van der Waals surface area contributed by atoms with Crippen molar-refractivity contribution in [3.8, 4) is 0 Å². The predicted molar refractivity (Wildman–Crippen MR) is 61.8 cm³/mol. The standard InChI is InChI=1S/C11H16.C2H6/c1-4-10(3)11-7-5-9(2)6-8-11;1-2/h4-5,7-9H,6H2,1-3H3;1-2H3/b10-4+;. The molecule has 74 valence electrons. The summed E-state index contributed by atoms with van der Waals surface area (Å²) in [6.45, 7) is 10.5. The summed E-state index contributed by atoms with van der Waals surface area (Å²) < 4.78 is 0. The summed E-state index contributed by atoms with van der Waals surface area (Å²) in [5.41, 5.74) is 2.78. The topological polar surface area (TPSA) is 0 Å². The van der Waals surface area contributed by atoms with Crippen LogP contribution < -0.4 is 0 Å². The number of rotatable bonds is 1. The Morgan fingerprint density at radius 1 is 1.46 bits per heavy atom. The van der Waals surface area contributed by atoms with Crippen LogP contribution in [-0.4, -0.2) is 0 Å². The Kier molecular flexibility index (Phi) is 6.30. The molecule has 0 amide bonds. The maximum atomic E-state index is 2.32. The minimum absolute atomic E-state index is 0.725. The minimum atomic E-state index is 0.725. The number of allylic oxidation sites excluding steroid dienone is 6. The minimum Gasteiger partial charge on any atom is -0.0841 e. The fraction of sp³-hybridized carbons (Fsp3) is 0.538. The van der Waals surface area contributed by atoms with E-state index in [1.165, 1.54) is 17.6 Å². The highest BCUT2D eigenvalue weighted by Gasteiger charge is 2.03. The Morgan fingerprint density at radius 3 is 2.46 bits per heavy atom. The number of hydrogen-bond donors (Lipinski definition) is 0. The Labute approximate surface area is 83.0 Å². The monoisotopic (exact) mass is 178 g/mol. The van der Waals surface area contributed by atoms with Gasteiger partial charge in [0, 0.05) is 0 Å². The summed E-state index contributed by atoms with van der Waals surface area (Å²) >= 11 is 0. The van der Waals surface area contributed by atoms with Crippen LogP contribution in [-0.2, 0) is 0 Å². The van der Waals surface area contributed by atoms with E-state index < -0.39 is 0 Å². The zero-order chi connectivity index (χ0) is 10.3. The van der Waals surface area contributed by atoms with Crippen molar-refractivity contribution in [2.45, 2.75) is 41.0 Å². The summed E-state index contributed by atoms with van der Waals surface area (Å²) in [5.74, 6) is 0.725. The molecule has 13 heavy (non-hydrogen) atoms. The molecule has 1 aliphatic carbocycles. The summed E-state index contributed by atoms with van der Waals surface area (Å²) in [5, 5.41) is 0. The highest BCUT2D eigenvalue weighted by atomic mass is 14.1. The molecule has 1 atom stereocenters. The third-order valence-corrected chi connectivity index (χ3v) is 2.20. The molecule has 0 fully saturated rings. The van der Waals surface area contributed by atoms with E-state index in [2.05, 4.69) is 45.1 Å². The molecule has 0 aromatic carbocycles. The largest absolute Gasteiger partial charge is 0.0841 e. The van der Waals surface area contributed by atoms with Crippen molar-refractivity contribution in [3.05, 3.63) is 35.5 Å². The summed E-state index contributed by atoms with van der Waals surface area (Å²) in [4.78, 5) is 0. The first-order valence-corrected chi connectivity index (χ1v) is 5.25. The van der Waals surface area contributed by atoms with Gasteiger partial charge in [0.15, 0.2) is 0 Å². The zero-order valence-electron chi connectivity index (χ0n) is 9.59. The molecule has 0 aliphatic heterocycles. The van der Waals surface area contributed by atoms with E-state index in [0.29, 0.717) is 0 Å². The first-order chi connectivity index (χ1) is 6.24. The fourth-order valence-corrected chi connectivity index (χ4v) is 1.19. The molecule has 0 heteroatoms. The summed E-state index contributed by atoms with van der Waals surface area (Å²) in [7, 11) is 0. The van der Waals surface area contributed by atoms with Gasteiger partial charge in [-0.1, -0.05) is 45.1 Å². The summed E-state index contributed by atoms with van der Waals surface area (Å²) in [6, 6.07) is 0. The lowest BCUT2D eigenvalue weighted by atomic mass is 9.95. The SMILES string of the molecule is C/C=C(\C)C1=CCC(C)C=C1.CC. The van der Waals surface area contributed by atoms with Gasteiger partial charge in [-0.15, -0.1) is 0 Å². The molecule has 1 rings (SSSR count). The van der Waals surface area contributed by atoms with Crippen LogP contribution in [0.3, 0.4) is 0 Å². The van der Waals surface area contributed by atoms with E-state index >= 15 is 0 Å². The smallest absolute Gasteiger partial charge is 0.0224 e. The van der Waals surface area contributed by atoms with Crippen molar-refractivity contribution >= 4 is 0 Å². The van der Waals surface area contributed by atoms with Crippen LogP contribution in [0.5, 0.6) is 0 Å². The van der Waals surface area contributed by atoms with E-state index in [-0.39, 0.29) is 0 Å². The second-order valence-corrected chi connectivity index (χ2v) is 3.20. The molecule has 0 N–H and O–H groups in total. The van der Waals surface area contributed by atoms with Crippen molar-refractivity contribution in [1.29, 1.82) is 0 Å². The molecule has 0 bridgehead atoms. The highest BCUT2D eigenvalue weighted by Crippen LogP contribution is 2.20. The Morgan fingerprint density at radius 2 is 2.08 bits per heavy atom. The van der Waals surface area contributed by atoms with Gasteiger partial charge in [0.05, 0.1) is 0 Å². The molecular formula is C13H22. The van der Waals surface area contributed by atoms with Gasteiger partial charge in [-0.2, -0.15) is 0 Å². The van der Waals surface area contributed by atoms with Crippen molar-refractivity contribution in [2.24, 2.45) is 5.92 Å². The van der Waals surface area contributed by atoms with E-state index in [0.717, 1.165) is 5.92 Å². The van der Waals surface area contributed by atoms with Crippen molar-refractivity contribution in [1.82, 2.24) is 0 Å². The van der Waals surface area contributed by atoms with E-state index in [1.807, 2.05) is 13.8 Å². The Hall–Kier alpha value is -0.780. The molecule has 0 spiro atoms. The molecular weight excluding hydrogens is 156 g/mol. The van der Waals surface area contributed by atoms with E-state index in [1.54, 1.807) is 0 Å². The second kappa shape index (κ2) is 6.71. The molecule has 0 saturated heterocycles. The van der Waals surface area contributed by atoms with Crippen LogP contribution in [0.4, 0.5) is 0 Å². The molecule has 0 nitrogen and oxygen atoms in total. The highest BCUT2D eigenvalue weighted by molar-refractivity contribution is 5.39. The first kappa shape index (κ1) is 12.2. The van der Waals surface area contributed by atoms with Crippen molar-refractivity contribution in [3.63, 3.8) is 0 Å². The lowest BCUT2D eigenvalue weighted by molar-refractivity contribution is 0.732. The van der Waals surface area contributed by atoms with Gasteiger partial charge in [0.1, 0.15) is 0 Å². The van der Waals surface area contributed by atoms with Crippen LogP contribution >= 0.6 is 0 Å². The van der Waals surface area contributed by atoms with E-state index in [4.69, 9.17) is 0 Å². The van der Waals surface area contributed by atoms with Gasteiger partial charge in [-0.25, -0.2) is 0 Å². The molecule has 0 radical (unpaired) electrons. The molecule has 1 unspecified atom stereocenters. The zero-order valence-corrected chi connectivity index (χ0v) is 9.59. The maximum Gasteiger partial charge on any atom is -0.0224 e. The van der Waals surface area contributed by atoms with Crippen molar-refractivity contribution in [2.75, 3.05) is 0 Å². The van der Waals surface area contributed by atoms with Gasteiger partial charge in [0.2, 0.25) is 0 Å². The molecule has 0 saturated carbocycles. The van der Waals surface area contributed by atoms with Crippen LogP contribution in [0.2, 0.25) is 0 Å². The molecule has 0 heterocycles. The maximum absolute atomic E-state index is 2.32. The van der Waals surface area contributed by atoms with Crippen LogP contribution in [0.1, 0.15) is 41.0 Å². The van der Waals surface area contributed by atoms with Crippen LogP contribution in [0.25, 0.3) is 0 Å². The van der Waals surface area contributed by atoms with Gasteiger partial charge in [0.25, 0.3) is 0 Å². The first-order valence-electron chi connectivity index (χ1n) is 5.25. The average molecular weight is 178 g/mol. The third kappa shape index (κ3) is 4.12. The van der Waals surface area contributed by atoms with Crippen LogP contribution in [0, 0.1) is 5.92 Å². The predicted octanol–water partition coefficient (Wildman–Crippen LogP) is 4.50. The number of hydrogen-bond acceptors (Lipinski definition) is 0. The third-order valence-electron chi connectivity index (χ3n) is 2.20. The van der Waals surface area contributed by atoms with E-state index in [9.17, 15) is 0 Å². The molecule has 1 aliphatic rings. The Bertz CT molecular complexity index is 216. The average Bonchev–Trinajstić information content (AvgIpc) is 2.21. The normalized spacial score (nSPS) is 21.8. The fourth-order valence-electron chi connectivity index (χ4n) is 1.19. The second-order valence-electron chi connectivity index (χ2n) is 3.20. The van der Waals surface area contributed by atoms with Gasteiger partial charge < -0.3 is 0 Å². The lowest BCUT2D eigenvalue weighted by Crippen LogP contribution is -1.94. The lowest BCUT2D eigenvalue weighted by Gasteiger charge is -2.11. The van der Waals surface area contributed by atoms with Gasteiger partial charge in [-0.05, 0) is 37.3 Å². The molecule has 0 aromatic heterocycles. The quantitative estimate of drug-likeness (QED) is 0.554. The summed E-state index contributed by atoms with van der Waals surface area (Å²) in [6.07, 6.45) is 10.2. The van der Waals surface area contributed by atoms with Gasteiger partial charge >= 0.3 is 0 Å². The van der Waals surface area contributed by atoms with Crippen LogP contribution in [0.15, 0.2) is 35.5 Å². The van der Waals surface area contributed by atoms with Crippen molar-refractivity contribution < 1.29 is 0 Å². The Balaban J connectivity index is 0.000000671.